The van der Waals surface area contributed by atoms with Crippen LogP contribution in [-0.4, -0.2) is 23.4 Å². The lowest BCUT2D eigenvalue weighted by Crippen LogP contribution is -2.35. The molecule has 1 aliphatic heterocycles. The molecule has 1 aliphatic rings. The van der Waals surface area contributed by atoms with Crippen LogP contribution in [-0.2, 0) is 0 Å². The summed E-state index contributed by atoms with van der Waals surface area (Å²) in [6.07, 6.45) is 4.41. The SMILES string of the molecule is Cc1ccnc(N2CCC(CBr)CC2)c1Br. The van der Waals surface area contributed by atoms with Crippen LogP contribution in [0, 0.1) is 12.8 Å². The number of alkyl halides is 1. The van der Waals surface area contributed by atoms with Gasteiger partial charge in [0.05, 0.1) is 4.47 Å². The van der Waals surface area contributed by atoms with Crippen molar-refractivity contribution in [2.45, 2.75) is 19.8 Å². The molecule has 0 aromatic carbocycles. The third-order valence-electron chi connectivity index (χ3n) is 3.20. The smallest absolute Gasteiger partial charge is 0.143 e. The summed E-state index contributed by atoms with van der Waals surface area (Å²) in [5.74, 6) is 1.94. The van der Waals surface area contributed by atoms with Gasteiger partial charge in [0.25, 0.3) is 0 Å². The standard InChI is InChI=1S/C12H16Br2N2/c1-9-2-5-15-12(11(9)14)16-6-3-10(8-13)4-7-16/h2,5,10H,3-4,6-8H2,1H3. The summed E-state index contributed by atoms with van der Waals surface area (Å²) in [6.45, 7) is 4.34. The fourth-order valence-corrected chi connectivity index (χ4v) is 3.18. The molecule has 1 aromatic heterocycles. The summed E-state index contributed by atoms with van der Waals surface area (Å²) in [4.78, 5) is 6.87. The van der Waals surface area contributed by atoms with E-state index in [9.17, 15) is 0 Å². The first-order chi connectivity index (χ1) is 7.72. The van der Waals surface area contributed by atoms with Crippen LogP contribution in [0.2, 0.25) is 0 Å². The van der Waals surface area contributed by atoms with Crippen molar-refractivity contribution in [1.29, 1.82) is 0 Å². The zero-order valence-corrected chi connectivity index (χ0v) is 12.6. The first-order valence-corrected chi connectivity index (χ1v) is 7.56. The third kappa shape index (κ3) is 2.59. The number of piperidine rings is 1. The van der Waals surface area contributed by atoms with Gasteiger partial charge in [-0.2, -0.15) is 0 Å². The Morgan fingerprint density at radius 2 is 2.12 bits per heavy atom. The molecule has 0 saturated carbocycles. The van der Waals surface area contributed by atoms with Gasteiger partial charge in [0, 0.05) is 24.6 Å². The number of aromatic nitrogens is 1. The lowest BCUT2D eigenvalue weighted by atomic mass is 9.99. The number of hydrogen-bond acceptors (Lipinski definition) is 2. The second-order valence-electron chi connectivity index (χ2n) is 4.35. The summed E-state index contributed by atoms with van der Waals surface area (Å²) in [5, 5.41) is 1.13. The number of anilines is 1. The van der Waals surface area contributed by atoms with Gasteiger partial charge in [0.2, 0.25) is 0 Å². The predicted molar refractivity (Wildman–Crippen MR) is 75.4 cm³/mol. The van der Waals surface area contributed by atoms with Crippen LogP contribution < -0.4 is 4.90 Å². The molecule has 0 N–H and O–H groups in total. The summed E-state index contributed by atoms with van der Waals surface area (Å²) < 4.78 is 1.15. The summed E-state index contributed by atoms with van der Waals surface area (Å²) in [5.41, 5.74) is 1.26. The van der Waals surface area contributed by atoms with E-state index in [0.29, 0.717) is 0 Å². The van der Waals surface area contributed by atoms with Gasteiger partial charge in [0.15, 0.2) is 0 Å². The fraction of sp³-hybridized carbons (Fsp3) is 0.583. The molecule has 0 aliphatic carbocycles. The zero-order valence-electron chi connectivity index (χ0n) is 9.42. The summed E-state index contributed by atoms with van der Waals surface area (Å²) >= 11 is 7.20. The van der Waals surface area contributed by atoms with Crippen LogP contribution in [0.25, 0.3) is 0 Å². The van der Waals surface area contributed by atoms with Gasteiger partial charge < -0.3 is 4.90 Å². The average Bonchev–Trinajstić information content (AvgIpc) is 2.33. The molecule has 0 spiro atoms. The fourth-order valence-electron chi connectivity index (χ4n) is 2.05. The Morgan fingerprint density at radius 3 is 2.75 bits per heavy atom. The molecule has 2 nitrogen and oxygen atoms in total. The Balaban J connectivity index is 2.11. The summed E-state index contributed by atoms with van der Waals surface area (Å²) in [6, 6.07) is 2.04. The molecule has 1 fully saturated rings. The minimum Gasteiger partial charge on any atom is -0.356 e. The van der Waals surface area contributed by atoms with Gasteiger partial charge in [-0.3, -0.25) is 0 Å². The van der Waals surface area contributed by atoms with Gasteiger partial charge in [-0.15, -0.1) is 0 Å². The van der Waals surface area contributed by atoms with Crippen molar-refractivity contribution in [3.63, 3.8) is 0 Å². The Labute approximate surface area is 114 Å². The zero-order chi connectivity index (χ0) is 11.5. The highest BCUT2D eigenvalue weighted by Gasteiger charge is 2.20. The maximum absolute atomic E-state index is 4.48. The van der Waals surface area contributed by atoms with E-state index < -0.39 is 0 Å². The van der Waals surface area contributed by atoms with E-state index in [4.69, 9.17) is 0 Å². The van der Waals surface area contributed by atoms with E-state index in [-0.39, 0.29) is 0 Å². The van der Waals surface area contributed by atoms with E-state index in [1.807, 2.05) is 12.3 Å². The number of rotatable bonds is 2. The number of aryl methyl sites for hydroxylation is 1. The average molecular weight is 348 g/mol. The Bertz CT molecular complexity index is 360. The molecule has 88 valence electrons. The number of nitrogens with zero attached hydrogens (tertiary/aromatic N) is 2. The van der Waals surface area contributed by atoms with Crippen molar-refractivity contribution in [1.82, 2.24) is 4.98 Å². The monoisotopic (exact) mass is 346 g/mol. The lowest BCUT2D eigenvalue weighted by molar-refractivity contribution is 0.445. The molecule has 0 unspecified atom stereocenters. The van der Waals surface area contributed by atoms with Crippen LogP contribution >= 0.6 is 31.9 Å². The van der Waals surface area contributed by atoms with Crippen molar-refractivity contribution in [2.24, 2.45) is 5.92 Å². The molecule has 0 atom stereocenters. The van der Waals surface area contributed by atoms with Crippen molar-refractivity contribution in [2.75, 3.05) is 23.3 Å². The molecule has 0 bridgehead atoms. The first kappa shape index (κ1) is 12.4. The van der Waals surface area contributed by atoms with Crippen LogP contribution in [0.1, 0.15) is 18.4 Å². The molecular formula is C12H16Br2N2. The first-order valence-electron chi connectivity index (χ1n) is 5.64. The molecule has 16 heavy (non-hydrogen) atoms. The van der Waals surface area contributed by atoms with E-state index in [1.54, 1.807) is 0 Å². The van der Waals surface area contributed by atoms with Crippen molar-refractivity contribution < 1.29 is 0 Å². The minimum atomic E-state index is 0.833. The van der Waals surface area contributed by atoms with E-state index in [0.717, 1.165) is 34.6 Å². The molecule has 2 heterocycles. The van der Waals surface area contributed by atoms with Crippen LogP contribution in [0.3, 0.4) is 0 Å². The van der Waals surface area contributed by atoms with Gasteiger partial charge in [-0.05, 0) is 53.2 Å². The maximum Gasteiger partial charge on any atom is 0.143 e. The van der Waals surface area contributed by atoms with Crippen LogP contribution in [0.15, 0.2) is 16.7 Å². The Kier molecular flexibility index (Phi) is 4.25. The van der Waals surface area contributed by atoms with Crippen molar-refractivity contribution >= 4 is 37.7 Å². The van der Waals surface area contributed by atoms with Gasteiger partial charge in [-0.1, -0.05) is 15.9 Å². The molecule has 1 aromatic rings. The van der Waals surface area contributed by atoms with Crippen LogP contribution in [0.4, 0.5) is 5.82 Å². The second-order valence-corrected chi connectivity index (χ2v) is 5.79. The van der Waals surface area contributed by atoms with Gasteiger partial charge in [-0.25, -0.2) is 4.98 Å². The van der Waals surface area contributed by atoms with Crippen molar-refractivity contribution in [3.05, 3.63) is 22.3 Å². The maximum atomic E-state index is 4.48. The topological polar surface area (TPSA) is 16.1 Å². The Morgan fingerprint density at radius 1 is 1.44 bits per heavy atom. The van der Waals surface area contributed by atoms with Gasteiger partial charge >= 0.3 is 0 Å². The molecular weight excluding hydrogens is 332 g/mol. The lowest BCUT2D eigenvalue weighted by Gasteiger charge is -2.32. The van der Waals surface area contributed by atoms with E-state index in [1.165, 1.54) is 18.4 Å². The highest BCUT2D eigenvalue weighted by Crippen LogP contribution is 2.30. The number of hydrogen-bond donors (Lipinski definition) is 0. The molecule has 4 heteroatoms. The molecule has 2 rings (SSSR count). The quantitative estimate of drug-likeness (QED) is 0.757. The molecule has 0 radical (unpaired) electrons. The molecule has 0 amide bonds. The van der Waals surface area contributed by atoms with Crippen LogP contribution in [0.5, 0.6) is 0 Å². The molecule has 1 saturated heterocycles. The Hall–Kier alpha value is -0.0900. The van der Waals surface area contributed by atoms with E-state index in [2.05, 4.69) is 48.7 Å². The van der Waals surface area contributed by atoms with Crippen molar-refractivity contribution in [3.8, 4) is 0 Å². The summed E-state index contributed by atoms with van der Waals surface area (Å²) in [7, 11) is 0. The predicted octanol–water partition coefficient (Wildman–Crippen LogP) is 3.76. The number of pyridine rings is 1. The number of halogens is 2. The normalized spacial score (nSPS) is 17.8. The minimum absolute atomic E-state index is 0.833. The second kappa shape index (κ2) is 5.50. The van der Waals surface area contributed by atoms with E-state index >= 15 is 0 Å². The van der Waals surface area contributed by atoms with Gasteiger partial charge in [0.1, 0.15) is 5.82 Å². The third-order valence-corrected chi connectivity index (χ3v) is 5.09. The highest BCUT2D eigenvalue weighted by atomic mass is 79.9. The largest absolute Gasteiger partial charge is 0.356 e. The highest BCUT2D eigenvalue weighted by molar-refractivity contribution is 9.10.